The summed E-state index contributed by atoms with van der Waals surface area (Å²) in [6.07, 6.45) is 24.9. The quantitative estimate of drug-likeness (QED) is 0.0854. The first-order valence-corrected chi connectivity index (χ1v) is 17.1. The van der Waals surface area contributed by atoms with Crippen LogP contribution in [-0.2, 0) is 11.0 Å². The molecule has 0 bridgehead atoms. The van der Waals surface area contributed by atoms with Crippen molar-refractivity contribution in [3.05, 3.63) is 54.1 Å². The van der Waals surface area contributed by atoms with Gasteiger partial charge in [0.05, 0.1) is 5.30 Å². The van der Waals surface area contributed by atoms with Crippen LogP contribution in [0.3, 0.4) is 0 Å². The highest BCUT2D eigenvalue weighted by Gasteiger charge is 2.24. The SMILES string of the molecule is CCCCCCCCCCCCCCCCCCCCc1ccc2cc3ccccc3cc2c1P(=O)(O)O. The minimum atomic E-state index is -4.37. The molecule has 2 N–H and O–H groups in total. The molecule has 0 atom stereocenters. The molecule has 4 heteroatoms. The van der Waals surface area contributed by atoms with E-state index in [1.54, 1.807) is 0 Å². The first kappa shape index (κ1) is 30.9. The molecule has 3 aromatic rings. The van der Waals surface area contributed by atoms with Crippen molar-refractivity contribution in [3.8, 4) is 0 Å². The van der Waals surface area contributed by atoms with Gasteiger partial charge < -0.3 is 9.79 Å². The lowest BCUT2D eigenvalue weighted by atomic mass is 9.98. The van der Waals surface area contributed by atoms with Gasteiger partial charge in [0.1, 0.15) is 0 Å². The van der Waals surface area contributed by atoms with Crippen LogP contribution in [0.15, 0.2) is 48.5 Å². The van der Waals surface area contributed by atoms with E-state index in [4.69, 9.17) is 0 Å². The molecular formula is C34H51O3P. The van der Waals surface area contributed by atoms with Gasteiger partial charge >= 0.3 is 7.60 Å². The van der Waals surface area contributed by atoms with Crippen molar-refractivity contribution in [2.75, 3.05) is 0 Å². The van der Waals surface area contributed by atoms with Gasteiger partial charge in [0.25, 0.3) is 0 Å². The molecule has 3 aromatic carbocycles. The Balaban J connectivity index is 1.29. The summed E-state index contributed by atoms with van der Waals surface area (Å²) in [6.45, 7) is 2.28. The van der Waals surface area contributed by atoms with E-state index in [2.05, 4.69) is 6.92 Å². The predicted octanol–water partition coefficient (Wildman–Crippen LogP) is 10.4. The second-order valence-electron chi connectivity index (χ2n) is 11.3. The summed E-state index contributed by atoms with van der Waals surface area (Å²) < 4.78 is 12.5. The molecule has 0 aliphatic heterocycles. The normalized spacial score (nSPS) is 12.1. The molecule has 0 aliphatic carbocycles. The third kappa shape index (κ3) is 10.5. The van der Waals surface area contributed by atoms with Crippen LogP contribution in [0.2, 0.25) is 0 Å². The molecule has 0 spiro atoms. The number of aryl methyl sites for hydroxylation is 1. The Hall–Kier alpha value is -1.67. The molecule has 0 unspecified atom stereocenters. The summed E-state index contributed by atoms with van der Waals surface area (Å²) in [5.41, 5.74) is 0.803. The molecule has 0 saturated heterocycles. The molecule has 0 saturated carbocycles. The molecule has 210 valence electrons. The maximum Gasteiger partial charge on any atom is 0.357 e. The molecule has 0 aliphatic rings. The van der Waals surface area contributed by atoms with E-state index in [-0.39, 0.29) is 5.30 Å². The molecule has 3 nitrogen and oxygen atoms in total. The number of unbranched alkanes of at least 4 members (excludes halogenated alkanes) is 17. The van der Waals surface area contributed by atoms with E-state index >= 15 is 0 Å². The monoisotopic (exact) mass is 538 g/mol. The van der Waals surface area contributed by atoms with Crippen molar-refractivity contribution in [3.63, 3.8) is 0 Å². The predicted molar refractivity (Wildman–Crippen MR) is 166 cm³/mol. The largest absolute Gasteiger partial charge is 0.357 e. The maximum absolute atomic E-state index is 12.5. The van der Waals surface area contributed by atoms with Gasteiger partial charge in [-0.2, -0.15) is 0 Å². The summed E-state index contributed by atoms with van der Waals surface area (Å²) in [6, 6.07) is 15.9. The van der Waals surface area contributed by atoms with Crippen LogP contribution >= 0.6 is 7.60 Å². The van der Waals surface area contributed by atoms with Gasteiger partial charge in [0.2, 0.25) is 0 Å². The highest BCUT2D eigenvalue weighted by molar-refractivity contribution is 7.61. The zero-order chi connectivity index (χ0) is 27.1. The molecule has 0 heterocycles. The van der Waals surface area contributed by atoms with E-state index in [1.165, 1.54) is 103 Å². The fraction of sp³-hybridized carbons (Fsp3) is 0.588. The van der Waals surface area contributed by atoms with E-state index in [1.807, 2.05) is 48.5 Å². The number of rotatable bonds is 20. The van der Waals surface area contributed by atoms with Gasteiger partial charge in [-0.1, -0.05) is 152 Å². The van der Waals surface area contributed by atoms with Crippen LogP contribution < -0.4 is 5.30 Å². The zero-order valence-corrected chi connectivity index (χ0v) is 24.7. The van der Waals surface area contributed by atoms with Crippen LogP contribution in [0.25, 0.3) is 21.5 Å². The van der Waals surface area contributed by atoms with Crippen molar-refractivity contribution in [2.24, 2.45) is 0 Å². The van der Waals surface area contributed by atoms with Gasteiger partial charge in [0.15, 0.2) is 0 Å². The van der Waals surface area contributed by atoms with Crippen LogP contribution in [0, 0.1) is 0 Å². The van der Waals surface area contributed by atoms with Crippen LogP contribution in [0.1, 0.15) is 128 Å². The fourth-order valence-corrected chi connectivity index (χ4v) is 6.87. The Morgan fingerprint density at radius 1 is 0.553 bits per heavy atom. The Morgan fingerprint density at radius 2 is 1.00 bits per heavy atom. The van der Waals surface area contributed by atoms with Crippen molar-refractivity contribution in [1.29, 1.82) is 0 Å². The third-order valence-corrected chi connectivity index (χ3v) is 9.14. The van der Waals surface area contributed by atoms with E-state index < -0.39 is 7.60 Å². The summed E-state index contributed by atoms with van der Waals surface area (Å²) in [5, 5.41) is 3.92. The van der Waals surface area contributed by atoms with Crippen molar-refractivity contribution < 1.29 is 14.4 Å². The third-order valence-electron chi connectivity index (χ3n) is 8.03. The highest BCUT2D eigenvalue weighted by Crippen LogP contribution is 2.39. The first-order valence-electron chi connectivity index (χ1n) is 15.5. The van der Waals surface area contributed by atoms with E-state index in [0.29, 0.717) is 5.39 Å². The molecule has 0 fully saturated rings. The van der Waals surface area contributed by atoms with Crippen LogP contribution in [0.4, 0.5) is 0 Å². The Morgan fingerprint density at radius 3 is 1.47 bits per heavy atom. The lowest BCUT2D eigenvalue weighted by molar-refractivity contribution is 0.387. The zero-order valence-electron chi connectivity index (χ0n) is 23.8. The van der Waals surface area contributed by atoms with Crippen LogP contribution in [0.5, 0.6) is 0 Å². The lowest BCUT2D eigenvalue weighted by Crippen LogP contribution is -2.13. The molecule has 0 amide bonds. The minimum Gasteiger partial charge on any atom is -0.321 e. The number of hydrogen-bond donors (Lipinski definition) is 2. The smallest absolute Gasteiger partial charge is 0.321 e. The molecule has 0 radical (unpaired) electrons. The standard InChI is InChI=1S/C34H51O3P/c1-2-3-4-5-6-7-8-9-10-11-12-13-14-15-16-17-18-19-22-29-25-26-32-27-30-23-20-21-24-31(30)28-33(32)34(29)38(35,36)37/h20-21,23-28H,2-19,22H2,1H3,(H2,35,36,37). The highest BCUT2D eigenvalue weighted by atomic mass is 31.2. The summed E-state index contributed by atoms with van der Waals surface area (Å²) >= 11 is 0. The topological polar surface area (TPSA) is 57.5 Å². The van der Waals surface area contributed by atoms with Crippen LogP contribution in [-0.4, -0.2) is 9.79 Å². The fourth-order valence-electron chi connectivity index (χ4n) is 5.81. The summed E-state index contributed by atoms with van der Waals surface area (Å²) in [7, 11) is -4.37. The minimum absolute atomic E-state index is 0.229. The van der Waals surface area contributed by atoms with Gasteiger partial charge in [-0.25, -0.2) is 0 Å². The van der Waals surface area contributed by atoms with Crippen molar-refractivity contribution >= 4 is 34.4 Å². The number of benzene rings is 3. The maximum atomic E-state index is 12.5. The summed E-state index contributed by atoms with van der Waals surface area (Å²) in [5.74, 6) is 0. The Labute approximate surface area is 231 Å². The van der Waals surface area contributed by atoms with E-state index in [0.717, 1.165) is 41.0 Å². The average molecular weight is 539 g/mol. The van der Waals surface area contributed by atoms with Crippen molar-refractivity contribution in [1.82, 2.24) is 0 Å². The molecule has 0 aromatic heterocycles. The molecular weight excluding hydrogens is 487 g/mol. The first-order chi connectivity index (χ1) is 18.5. The lowest BCUT2D eigenvalue weighted by Gasteiger charge is -2.15. The average Bonchev–Trinajstić information content (AvgIpc) is 2.90. The Kier molecular flexibility index (Phi) is 13.9. The van der Waals surface area contributed by atoms with Gasteiger partial charge in [0, 0.05) is 0 Å². The second kappa shape index (κ2) is 17.1. The van der Waals surface area contributed by atoms with Crippen molar-refractivity contribution in [2.45, 2.75) is 129 Å². The molecule has 3 rings (SSSR count). The van der Waals surface area contributed by atoms with Gasteiger partial charge in [-0.3, -0.25) is 4.57 Å². The number of fused-ring (bicyclic) bond motifs is 2. The summed E-state index contributed by atoms with van der Waals surface area (Å²) in [4.78, 5) is 20.4. The second-order valence-corrected chi connectivity index (χ2v) is 12.8. The van der Waals surface area contributed by atoms with Gasteiger partial charge in [-0.05, 0) is 52.1 Å². The Bertz CT molecular complexity index is 1130. The number of hydrogen-bond acceptors (Lipinski definition) is 1. The van der Waals surface area contributed by atoms with Gasteiger partial charge in [-0.15, -0.1) is 0 Å². The molecule has 38 heavy (non-hydrogen) atoms. The van der Waals surface area contributed by atoms with E-state index in [9.17, 15) is 14.4 Å².